The lowest BCUT2D eigenvalue weighted by molar-refractivity contribution is 0.234. The fourth-order valence-corrected chi connectivity index (χ4v) is 2.02. The van der Waals surface area contributed by atoms with Gasteiger partial charge in [-0.2, -0.15) is 4.98 Å². The summed E-state index contributed by atoms with van der Waals surface area (Å²) >= 11 is 3.29. The van der Waals surface area contributed by atoms with Crippen molar-refractivity contribution in [3.05, 3.63) is 40.6 Å². The molecule has 4 nitrogen and oxygen atoms in total. The highest BCUT2D eigenvalue weighted by Gasteiger charge is 2.10. The molecule has 2 rings (SSSR count). The smallest absolute Gasteiger partial charge is 0.239 e. The molecule has 0 amide bonds. The third-order valence-electron chi connectivity index (χ3n) is 2.45. The van der Waals surface area contributed by atoms with Crippen molar-refractivity contribution in [1.29, 1.82) is 0 Å². The van der Waals surface area contributed by atoms with Crippen LogP contribution in [0.1, 0.15) is 13.8 Å². The fourth-order valence-electron chi connectivity index (χ4n) is 1.58. The van der Waals surface area contributed by atoms with Crippen LogP contribution in [0.25, 0.3) is 0 Å². The number of hydrogen-bond acceptors (Lipinski definition) is 4. The Labute approximate surface area is 125 Å². The number of benzene rings is 1. The number of hydrogen-bond donors (Lipinski definition) is 2. The third kappa shape index (κ3) is 3.39. The number of aromatic nitrogens is 1. The van der Waals surface area contributed by atoms with E-state index < -0.39 is 0 Å². The molecular weight excluding hydrogens is 325 g/mol. The summed E-state index contributed by atoms with van der Waals surface area (Å²) in [6.07, 6.45) is -0.0414. The molecule has 0 unspecified atom stereocenters. The molecule has 0 saturated carbocycles. The lowest BCUT2D eigenvalue weighted by atomic mass is 10.3. The third-order valence-corrected chi connectivity index (χ3v) is 3.11. The predicted molar refractivity (Wildman–Crippen MR) is 81.8 cm³/mol. The highest BCUT2D eigenvalue weighted by atomic mass is 79.9. The quantitative estimate of drug-likeness (QED) is 0.880. The van der Waals surface area contributed by atoms with Gasteiger partial charge in [0.2, 0.25) is 5.88 Å². The second kappa shape index (κ2) is 6.09. The van der Waals surface area contributed by atoms with E-state index in [0.717, 1.165) is 0 Å². The maximum Gasteiger partial charge on any atom is 0.239 e. The second-order valence-electron chi connectivity index (χ2n) is 4.48. The molecule has 0 aliphatic rings. The molecule has 0 spiro atoms. The van der Waals surface area contributed by atoms with Crippen LogP contribution < -0.4 is 15.8 Å². The van der Waals surface area contributed by atoms with Gasteiger partial charge in [-0.1, -0.05) is 6.07 Å². The molecule has 0 radical (unpaired) electrons. The van der Waals surface area contributed by atoms with Crippen LogP contribution in [0.4, 0.5) is 21.6 Å². The van der Waals surface area contributed by atoms with Crippen molar-refractivity contribution in [3.8, 4) is 5.88 Å². The summed E-state index contributed by atoms with van der Waals surface area (Å²) in [5, 5.41) is 2.91. The van der Waals surface area contributed by atoms with Crippen LogP contribution in [0.3, 0.4) is 0 Å². The van der Waals surface area contributed by atoms with Crippen molar-refractivity contribution in [2.45, 2.75) is 20.0 Å². The van der Waals surface area contributed by atoms with E-state index in [0.29, 0.717) is 27.5 Å². The zero-order chi connectivity index (χ0) is 14.7. The molecule has 0 atom stereocenters. The molecule has 0 fully saturated rings. The zero-order valence-electron chi connectivity index (χ0n) is 11.2. The summed E-state index contributed by atoms with van der Waals surface area (Å²) in [7, 11) is 0. The van der Waals surface area contributed by atoms with Crippen LogP contribution >= 0.6 is 15.9 Å². The van der Waals surface area contributed by atoms with E-state index in [9.17, 15) is 4.39 Å². The van der Waals surface area contributed by atoms with Gasteiger partial charge in [-0.15, -0.1) is 0 Å². The monoisotopic (exact) mass is 339 g/mol. The molecule has 2 aromatic rings. The Morgan fingerprint density at radius 1 is 1.30 bits per heavy atom. The van der Waals surface area contributed by atoms with Crippen LogP contribution in [0, 0.1) is 5.82 Å². The van der Waals surface area contributed by atoms with Crippen molar-refractivity contribution in [2.75, 3.05) is 11.1 Å². The summed E-state index contributed by atoms with van der Waals surface area (Å²) in [5.41, 5.74) is 6.55. The van der Waals surface area contributed by atoms with E-state index in [2.05, 4.69) is 26.2 Å². The van der Waals surface area contributed by atoms with Crippen LogP contribution in [0.2, 0.25) is 0 Å². The van der Waals surface area contributed by atoms with Crippen LogP contribution in [-0.2, 0) is 0 Å². The molecule has 6 heteroatoms. The van der Waals surface area contributed by atoms with Gasteiger partial charge in [0.1, 0.15) is 11.6 Å². The molecule has 1 aromatic heterocycles. The largest absolute Gasteiger partial charge is 0.473 e. The number of halogens is 2. The molecule has 1 heterocycles. The first-order chi connectivity index (χ1) is 9.47. The average molecular weight is 340 g/mol. The standard InChI is InChI=1S/C14H15BrFN3O/c1-8(2)20-14-11(17)6-7-12(19-14)18-13-9(15)4-3-5-10(13)16/h3-8H,17H2,1-2H3,(H,18,19). The van der Waals surface area contributed by atoms with Crippen molar-refractivity contribution < 1.29 is 9.13 Å². The lowest BCUT2D eigenvalue weighted by Gasteiger charge is -2.14. The summed E-state index contributed by atoms with van der Waals surface area (Å²) < 4.78 is 19.9. The van der Waals surface area contributed by atoms with Gasteiger partial charge in [0.15, 0.2) is 0 Å². The zero-order valence-corrected chi connectivity index (χ0v) is 12.7. The molecule has 3 N–H and O–H groups in total. The molecule has 0 bridgehead atoms. The summed E-state index contributed by atoms with van der Waals surface area (Å²) in [5.74, 6) is 0.419. The normalized spacial score (nSPS) is 10.7. The van der Waals surface area contributed by atoms with Crippen molar-refractivity contribution >= 4 is 33.1 Å². The topological polar surface area (TPSA) is 60.2 Å². The van der Waals surface area contributed by atoms with E-state index in [1.165, 1.54) is 6.07 Å². The highest BCUT2D eigenvalue weighted by molar-refractivity contribution is 9.10. The second-order valence-corrected chi connectivity index (χ2v) is 5.33. The van der Waals surface area contributed by atoms with E-state index in [4.69, 9.17) is 10.5 Å². The summed E-state index contributed by atoms with van der Waals surface area (Å²) in [4.78, 5) is 4.24. The summed E-state index contributed by atoms with van der Waals surface area (Å²) in [6.45, 7) is 3.77. The number of rotatable bonds is 4. The minimum absolute atomic E-state index is 0.0414. The molecule has 106 valence electrons. The molecule has 20 heavy (non-hydrogen) atoms. The van der Waals surface area contributed by atoms with Gasteiger partial charge in [-0.3, -0.25) is 0 Å². The highest BCUT2D eigenvalue weighted by Crippen LogP contribution is 2.29. The number of ether oxygens (including phenoxy) is 1. The van der Waals surface area contributed by atoms with Crippen molar-refractivity contribution in [1.82, 2.24) is 4.98 Å². The van der Waals surface area contributed by atoms with Crippen LogP contribution in [-0.4, -0.2) is 11.1 Å². The van der Waals surface area contributed by atoms with Gasteiger partial charge in [-0.25, -0.2) is 4.39 Å². The average Bonchev–Trinajstić information content (AvgIpc) is 2.37. The van der Waals surface area contributed by atoms with E-state index in [1.807, 2.05) is 13.8 Å². The van der Waals surface area contributed by atoms with Gasteiger partial charge in [0.25, 0.3) is 0 Å². The Balaban J connectivity index is 2.30. The SMILES string of the molecule is CC(C)Oc1nc(Nc2c(F)cccc2Br)ccc1N. The molecular formula is C14H15BrFN3O. The Morgan fingerprint density at radius 2 is 2.05 bits per heavy atom. The van der Waals surface area contributed by atoms with E-state index in [-0.39, 0.29) is 11.9 Å². The van der Waals surface area contributed by atoms with Crippen LogP contribution in [0.5, 0.6) is 5.88 Å². The minimum atomic E-state index is -0.371. The maximum absolute atomic E-state index is 13.7. The Hall–Kier alpha value is -1.82. The molecule has 0 aliphatic carbocycles. The van der Waals surface area contributed by atoms with Gasteiger partial charge in [0.05, 0.1) is 17.5 Å². The van der Waals surface area contributed by atoms with Crippen molar-refractivity contribution in [3.63, 3.8) is 0 Å². The number of nitrogen functional groups attached to an aromatic ring is 1. The number of para-hydroxylation sites is 1. The number of nitrogens with one attached hydrogen (secondary N) is 1. The van der Waals surface area contributed by atoms with E-state index >= 15 is 0 Å². The van der Waals surface area contributed by atoms with Gasteiger partial charge in [0, 0.05) is 4.47 Å². The van der Waals surface area contributed by atoms with Gasteiger partial charge < -0.3 is 15.8 Å². The Bertz CT molecular complexity index is 599. The number of nitrogens with two attached hydrogens (primary N) is 1. The number of nitrogens with zero attached hydrogens (tertiary/aromatic N) is 1. The first kappa shape index (κ1) is 14.6. The van der Waals surface area contributed by atoms with E-state index in [1.54, 1.807) is 24.3 Å². The minimum Gasteiger partial charge on any atom is -0.473 e. The Kier molecular flexibility index (Phi) is 4.44. The van der Waals surface area contributed by atoms with Crippen LogP contribution in [0.15, 0.2) is 34.8 Å². The molecule has 0 aliphatic heterocycles. The van der Waals surface area contributed by atoms with Gasteiger partial charge >= 0.3 is 0 Å². The molecule has 1 aromatic carbocycles. The first-order valence-electron chi connectivity index (χ1n) is 6.11. The number of anilines is 3. The fraction of sp³-hybridized carbons (Fsp3) is 0.214. The Morgan fingerprint density at radius 3 is 2.70 bits per heavy atom. The number of pyridine rings is 1. The summed E-state index contributed by atoms with van der Waals surface area (Å²) in [6, 6.07) is 8.07. The first-order valence-corrected chi connectivity index (χ1v) is 6.91. The molecule has 0 saturated heterocycles. The van der Waals surface area contributed by atoms with Crippen molar-refractivity contribution in [2.24, 2.45) is 0 Å². The maximum atomic E-state index is 13.7. The van der Waals surface area contributed by atoms with Gasteiger partial charge in [-0.05, 0) is 54.0 Å². The predicted octanol–water partition coefficient (Wildman–Crippen LogP) is 4.10. The lowest BCUT2D eigenvalue weighted by Crippen LogP contribution is -2.10.